The van der Waals surface area contributed by atoms with E-state index >= 15 is 0 Å². The molecule has 0 aliphatic carbocycles. The van der Waals surface area contributed by atoms with E-state index in [9.17, 15) is 23.2 Å². The quantitative estimate of drug-likeness (QED) is 0.729. The van der Waals surface area contributed by atoms with Crippen molar-refractivity contribution in [1.82, 2.24) is 9.78 Å². The Morgan fingerprint density at radius 1 is 1.04 bits per heavy atom. The number of halogens is 2. The van der Waals surface area contributed by atoms with Crippen LogP contribution in [0.25, 0.3) is 10.8 Å². The normalized spacial score (nSPS) is 10.8. The van der Waals surface area contributed by atoms with Gasteiger partial charge in [-0.2, -0.15) is 0 Å². The number of carbonyl (C=O) groups excluding carboxylic acids is 1. The first kappa shape index (κ1) is 16.6. The van der Waals surface area contributed by atoms with Gasteiger partial charge < -0.3 is 4.74 Å². The van der Waals surface area contributed by atoms with Crippen LogP contribution in [-0.2, 0) is 22.7 Å². The number of nitrogens with zero attached hydrogens (tertiary/aromatic N) is 1. The van der Waals surface area contributed by atoms with E-state index in [0.717, 1.165) is 10.7 Å². The molecule has 0 saturated carbocycles. The summed E-state index contributed by atoms with van der Waals surface area (Å²) < 4.78 is 32.3. The van der Waals surface area contributed by atoms with Crippen molar-refractivity contribution < 1.29 is 18.3 Å². The summed E-state index contributed by atoms with van der Waals surface area (Å²) in [6.07, 6.45) is 0. The summed E-state index contributed by atoms with van der Waals surface area (Å²) in [5.74, 6) is -3.04. The minimum Gasteiger partial charge on any atom is -0.459 e. The Morgan fingerprint density at radius 3 is 2.52 bits per heavy atom. The molecule has 0 aliphatic heterocycles. The van der Waals surface area contributed by atoms with Crippen LogP contribution in [0.3, 0.4) is 0 Å². The highest BCUT2D eigenvalue weighted by Crippen LogP contribution is 2.12. The van der Waals surface area contributed by atoms with Crippen LogP contribution in [0.5, 0.6) is 0 Å². The number of H-pyrrole nitrogens is 1. The van der Waals surface area contributed by atoms with Gasteiger partial charge in [-0.25, -0.2) is 13.5 Å². The highest BCUT2D eigenvalue weighted by atomic mass is 19.2. The zero-order chi connectivity index (χ0) is 18.0. The fourth-order valence-electron chi connectivity index (χ4n) is 2.35. The van der Waals surface area contributed by atoms with Crippen LogP contribution in [-0.4, -0.2) is 15.7 Å². The van der Waals surface area contributed by atoms with Gasteiger partial charge in [0.05, 0.1) is 10.8 Å². The number of hydrogen-bond acceptors (Lipinski definition) is 4. The van der Waals surface area contributed by atoms with Crippen molar-refractivity contribution in [1.29, 1.82) is 0 Å². The molecule has 0 saturated heterocycles. The lowest BCUT2D eigenvalue weighted by Crippen LogP contribution is -2.32. The number of nitrogens with one attached hydrogen (secondary N) is 1. The smallest absolute Gasteiger partial charge is 0.328 e. The highest BCUT2D eigenvalue weighted by Gasteiger charge is 2.13. The van der Waals surface area contributed by atoms with E-state index in [1.54, 1.807) is 12.1 Å². The molecule has 0 spiro atoms. The second-order valence-electron chi connectivity index (χ2n) is 5.25. The van der Waals surface area contributed by atoms with Crippen LogP contribution in [0.1, 0.15) is 5.56 Å². The predicted molar refractivity (Wildman–Crippen MR) is 85.0 cm³/mol. The van der Waals surface area contributed by atoms with Crippen LogP contribution < -0.4 is 11.1 Å². The van der Waals surface area contributed by atoms with Gasteiger partial charge in [0.15, 0.2) is 11.6 Å². The fraction of sp³-hybridized carbons (Fsp3) is 0.118. The lowest BCUT2D eigenvalue weighted by molar-refractivity contribution is -0.146. The standard InChI is InChI=1S/C17H12F2N2O4/c18-13-7-3-4-10(15(13)19)9-25-14(22)8-21-17(24)12-6-2-1-5-11(12)16(23)20-21/h1-7H,8-9H2,(H,20,23). The molecule has 128 valence electrons. The third kappa shape index (κ3) is 3.32. The first-order valence-electron chi connectivity index (χ1n) is 7.28. The number of aromatic nitrogens is 2. The van der Waals surface area contributed by atoms with Crippen molar-refractivity contribution in [3.05, 3.63) is 80.4 Å². The van der Waals surface area contributed by atoms with E-state index in [2.05, 4.69) is 5.10 Å². The Bertz CT molecular complexity index is 1070. The van der Waals surface area contributed by atoms with Gasteiger partial charge in [0, 0.05) is 5.56 Å². The number of hydrogen-bond donors (Lipinski definition) is 1. The van der Waals surface area contributed by atoms with E-state index in [1.165, 1.54) is 24.3 Å². The molecule has 1 aromatic heterocycles. The maximum atomic E-state index is 13.5. The van der Waals surface area contributed by atoms with Gasteiger partial charge in [-0.05, 0) is 18.2 Å². The van der Waals surface area contributed by atoms with Crippen molar-refractivity contribution in [3.63, 3.8) is 0 Å². The van der Waals surface area contributed by atoms with Crippen molar-refractivity contribution in [2.24, 2.45) is 0 Å². The largest absolute Gasteiger partial charge is 0.459 e. The van der Waals surface area contributed by atoms with Gasteiger partial charge in [0.1, 0.15) is 13.2 Å². The van der Waals surface area contributed by atoms with Crippen molar-refractivity contribution >= 4 is 16.7 Å². The Kier molecular flexibility index (Phi) is 4.42. The summed E-state index contributed by atoms with van der Waals surface area (Å²) in [5.41, 5.74) is -1.23. The van der Waals surface area contributed by atoms with E-state index in [1.807, 2.05) is 0 Å². The number of ether oxygens (including phenoxy) is 1. The molecule has 0 amide bonds. The zero-order valence-corrected chi connectivity index (χ0v) is 12.8. The molecule has 3 aromatic rings. The first-order valence-corrected chi connectivity index (χ1v) is 7.28. The SMILES string of the molecule is O=C(Cn1[nH]c(=O)c2ccccc2c1=O)OCc1cccc(F)c1F. The van der Waals surface area contributed by atoms with Crippen LogP contribution >= 0.6 is 0 Å². The molecule has 1 heterocycles. The van der Waals surface area contributed by atoms with Gasteiger partial charge in [0.25, 0.3) is 11.1 Å². The Morgan fingerprint density at radius 2 is 1.76 bits per heavy atom. The summed E-state index contributed by atoms with van der Waals surface area (Å²) in [7, 11) is 0. The molecule has 1 N–H and O–H groups in total. The van der Waals surface area contributed by atoms with Crippen LogP contribution in [0.4, 0.5) is 8.78 Å². The van der Waals surface area contributed by atoms with Crippen LogP contribution in [0, 0.1) is 11.6 Å². The van der Waals surface area contributed by atoms with Crippen molar-refractivity contribution in [2.45, 2.75) is 13.2 Å². The number of aromatic amines is 1. The first-order chi connectivity index (χ1) is 12.0. The van der Waals surface area contributed by atoms with Crippen LogP contribution in [0.2, 0.25) is 0 Å². The second-order valence-corrected chi connectivity index (χ2v) is 5.25. The molecule has 2 aromatic carbocycles. The third-order valence-electron chi connectivity index (χ3n) is 3.59. The monoisotopic (exact) mass is 346 g/mol. The van der Waals surface area contributed by atoms with Crippen molar-refractivity contribution in [3.8, 4) is 0 Å². The molecule has 0 atom stereocenters. The summed E-state index contributed by atoms with van der Waals surface area (Å²) in [6, 6.07) is 9.67. The average molecular weight is 346 g/mol. The molecule has 0 bridgehead atoms. The second kappa shape index (κ2) is 6.68. The summed E-state index contributed by atoms with van der Waals surface area (Å²) in [6.45, 7) is -1.05. The van der Waals surface area contributed by atoms with E-state index in [0.29, 0.717) is 0 Å². The third-order valence-corrected chi connectivity index (χ3v) is 3.59. The lowest BCUT2D eigenvalue weighted by Gasteiger charge is -2.08. The maximum absolute atomic E-state index is 13.5. The molecular formula is C17H12F2N2O4. The number of esters is 1. The molecular weight excluding hydrogens is 334 g/mol. The van der Waals surface area contributed by atoms with E-state index in [-0.39, 0.29) is 16.3 Å². The topological polar surface area (TPSA) is 81.2 Å². The van der Waals surface area contributed by atoms with Gasteiger partial charge >= 0.3 is 5.97 Å². The molecule has 3 rings (SSSR count). The maximum Gasteiger partial charge on any atom is 0.328 e. The molecule has 6 nitrogen and oxygen atoms in total. The molecule has 0 fully saturated rings. The highest BCUT2D eigenvalue weighted by molar-refractivity contribution is 5.80. The lowest BCUT2D eigenvalue weighted by atomic mass is 10.2. The molecule has 8 heteroatoms. The summed E-state index contributed by atoms with van der Waals surface area (Å²) >= 11 is 0. The Labute approximate surface area is 139 Å². The molecule has 0 aliphatic rings. The molecule has 0 radical (unpaired) electrons. The number of rotatable bonds is 4. The summed E-state index contributed by atoms with van der Waals surface area (Å²) in [5, 5.41) is 2.65. The van der Waals surface area contributed by atoms with Crippen molar-refractivity contribution in [2.75, 3.05) is 0 Å². The Balaban J connectivity index is 1.79. The van der Waals surface area contributed by atoms with E-state index in [4.69, 9.17) is 4.74 Å². The predicted octanol–water partition coefficient (Wildman–Crippen LogP) is 1.71. The van der Waals surface area contributed by atoms with Gasteiger partial charge in [0.2, 0.25) is 0 Å². The summed E-state index contributed by atoms with van der Waals surface area (Å²) in [4.78, 5) is 36.1. The van der Waals surface area contributed by atoms with Gasteiger partial charge in [-0.15, -0.1) is 0 Å². The molecule has 25 heavy (non-hydrogen) atoms. The van der Waals surface area contributed by atoms with Gasteiger partial charge in [-0.3, -0.25) is 19.5 Å². The van der Waals surface area contributed by atoms with Crippen LogP contribution in [0.15, 0.2) is 52.1 Å². The minimum absolute atomic E-state index is 0.132. The average Bonchev–Trinajstić information content (AvgIpc) is 2.61. The number of carbonyl (C=O) groups is 1. The number of benzene rings is 2. The number of fused-ring (bicyclic) bond motifs is 1. The van der Waals surface area contributed by atoms with E-state index < -0.39 is 41.9 Å². The fourth-order valence-corrected chi connectivity index (χ4v) is 2.35. The zero-order valence-electron chi connectivity index (χ0n) is 12.8. The molecule has 0 unspecified atom stereocenters. The van der Waals surface area contributed by atoms with Gasteiger partial charge in [-0.1, -0.05) is 24.3 Å². The Hall–Kier alpha value is -3.29. The minimum atomic E-state index is -1.11.